The van der Waals surface area contributed by atoms with Crippen LogP contribution in [0.25, 0.3) is 0 Å². The van der Waals surface area contributed by atoms with E-state index in [-0.39, 0.29) is 23.4 Å². The van der Waals surface area contributed by atoms with Crippen molar-refractivity contribution in [2.75, 3.05) is 0 Å². The average Bonchev–Trinajstić information content (AvgIpc) is 2.57. The van der Waals surface area contributed by atoms with Crippen LogP contribution >= 0.6 is 0 Å². The van der Waals surface area contributed by atoms with E-state index in [1.54, 1.807) is 12.1 Å². The molecule has 0 bridgehead atoms. The van der Waals surface area contributed by atoms with E-state index in [2.05, 4.69) is 15.5 Å². The average molecular weight is 346 g/mol. The molecule has 2 aromatic rings. The number of phenolic OH excluding ortho intramolecular Hbond substituents is 1. The third-order valence-electron chi connectivity index (χ3n) is 3.45. The summed E-state index contributed by atoms with van der Waals surface area (Å²) in [7, 11) is 0. The van der Waals surface area contributed by atoms with Crippen molar-refractivity contribution in [1.82, 2.24) is 15.0 Å². The molecule has 0 aliphatic rings. The largest absolute Gasteiger partial charge is 0.507 e. The van der Waals surface area contributed by atoms with E-state index in [1.165, 1.54) is 12.1 Å². The molecule has 4 N–H and O–H groups in total. The number of para-hydroxylation sites is 1. The van der Waals surface area contributed by atoms with Crippen molar-refractivity contribution in [3.63, 3.8) is 0 Å². The van der Waals surface area contributed by atoms with Crippen molar-refractivity contribution < 1.29 is 15.0 Å². The van der Waals surface area contributed by atoms with E-state index in [0.29, 0.717) is 6.42 Å². The van der Waals surface area contributed by atoms with Gasteiger partial charge >= 0.3 is 5.69 Å². The van der Waals surface area contributed by atoms with Crippen LogP contribution in [0.2, 0.25) is 0 Å². The maximum Gasteiger partial charge on any atom is 0.331 e. The van der Waals surface area contributed by atoms with E-state index in [1.807, 2.05) is 6.92 Å². The van der Waals surface area contributed by atoms with Gasteiger partial charge in [0.25, 0.3) is 11.5 Å². The minimum Gasteiger partial charge on any atom is -0.507 e. The van der Waals surface area contributed by atoms with Crippen LogP contribution in [-0.2, 0) is 6.54 Å². The zero-order valence-corrected chi connectivity index (χ0v) is 13.5. The van der Waals surface area contributed by atoms with Crippen LogP contribution in [0.1, 0.15) is 35.7 Å². The summed E-state index contributed by atoms with van der Waals surface area (Å²) in [6, 6.07) is 5.87. The molecule has 0 unspecified atom stereocenters. The van der Waals surface area contributed by atoms with Gasteiger partial charge in [0.2, 0.25) is 5.88 Å². The number of carbonyl (C=O) groups is 1. The predicted octanol–water partition coefficient (Wildman–Crippen LogP) is 0.512. The first kappa shape index (κ1) is 18.0. The summed E-state index contributed by atoms with van der Waals surface area (Å²) in [6.45, 7) is 2.16. The van der Waals surface area contributed by atoms with Crippen molar-refractivity contribution in [2.24, 2.45) is 5.10 Å². The van der Waals surface area contributed by atoms with Gasteiger partial charge in [-0.3, -0.25) is 19.1 Å². The smallest absolute Gasteiger partial charge is 0.331 e. The van der Waals surface area contributed by atoms with Gasteiger partial charge in [-0.25, -0.2) is 10.2 Å². The van der Waals surface area contributed by atoms with Crippen LogP contribution in [0.4, 0.5) is 0 Å². The van der Waals surface area contributed by atoms with Crippen molar-refractivity contribution >= 4 is 12.1 Å². The molecule has 0 spiro atoms. The minimum absolute atomic E-state index is 0.00528. The van der Waals surface area contributed by atoms with Gasteiger partial charge in [0, 0.05) is 6.54 Å². The summed E-state index contributed by atoms with van der Waals surface area (Å²) < 4.78 is 1.02. The fourth-order valence-electron chi connectivity index (χ4n) is 2.10. The number of unbranched alkanes of at least 4 members (excludes halogenated alkanes) is 1. The fraction of sp³-hybridized carbons (Fsp3) is 0.250. The number of rotatable bonds is 6. The molecular formula is C16H18N4O5. The lowest BCUT2D eigenvalue weighted by molar-refractivity contribution is 0.0952. The standard InChI is InChI=1S/C16H18N4O5/c1-2-3-8-20-15(24)11(13(22)18-16(20)25)9-17-19-14(23)10-6-4-5-7-12(10)21/h4-7,9,21,24H,2-3,8H2,1H3,(H,19,23)(H,18,22,25). The molecule has 0 radical (unpaired) electrons. The number of nitrogens with zero attached hydrogens (tertiary/aromatic N) is 2. The Labute approximate surface area is 142 Å². The van der Waals surface area contributed by atoms with E-state index in [4.69, 9.17) is 0 Å². The van der Waals surface area contributed by atoms with E-state index >= 15 is 0 Å². The summed E-state index contributed by atoms with van der Waals surface area (Å²) in [6.07, 6.45) is 2.37. The quantitative estimate of drug-likeness (QED) is 0.446. The molecule has 1 amide bonds. The maximum absolute atomic E-state index is 11.9. The summed E-state index contributed by atoms with van der Waals surface area (Å²) in [5.41, 5.74) is 0.349. The Kier molecular flexibility index (Phi) is 5.72. The van der Waals surface area contributed by atoms with Gasteiger partial charge in [-0.1, -0.05) is 25.5 Å². The van der Waals surface area contributed by atoms with Gasteiger partial charge in [-0.2, -0.15) is 5.10 Å². The van der Waals surface area contributed by atoms with Gasteiger partial charge in [-0.15, -0.1) is 0 Å². The number of benzene rings is 1. The molecular weight excluding hydrogens is 328 g/mol. The lowest BCUT2D eigenvalue weighted by Crippen LogP contribution is -2.32. The van der Waals surface area contributed by atoms with Gasteiger partial charge in [0.15, 0.2) is 0 Å². The van der Waals surface area contributed by atoms with Crippen molar-refractivity contribution in [2.45, 2.75) is 26.3 Å². The van der Waals surface area contributed by atoms with E-state index in [9.17, 15) is 24.6 Å². The molecule has 1 heterocycles. The van der Waals surface area contributed by atoms with Crippen molar-refractivity contribution in [3.05, 3.63) is 56.2 Å². The second-order valence-corrected chi connectivity index (χ2v) is 5.22. The lowest BCUT2D eigenvalue weighted by atomic mass is 10.2. The molecule has 2 rings (SSSR count). The summed E-state index contributed by atoms with van der Waals surface area (Å²) in [5, 5.41) is 23.3. The first-order chi connectivity index (χ1) is 12.0. The fourth-order valence-corrected chi connectivity index (χ4v) is 2.10. The number of aromatic amines is 1. The number of phenols is 1. The maximum atomic E-state index is 11.9. The Morgan fingerprint density at radius 3 is 2.72 bits per heavy atom. The Hall–Kier alpha value is -3.36. The monoisotopic (exact) mass is 346 g/mol. The van der Waals surface area contributed by atoms with Gasteiger partial charge in [0.1, 0.15) is 11.3 Å². The highest BCUT2D eigenvalue weighted by molar-refractivity contribution is 5.97. The number of carbonyl (C=O) groups excluding carboxylic acids is 1. The number of H-pyrrole nitrogens is 1. The zero-order valence-electron chi connectivity index (χ0n) is 13.5. The second kappa shape index (κ2) is 7.95. The van der Waals surface area contributed by atoms with Gasteiger partial charge in [-0.05, 0) is 18.6 Å². The van der Waals surface area contributed by atoms with E-state index < -0.39 is 23.0 Å². The van der Waals surface area contributed by atoms with Gasteiger partial charge in [0.05, 0.1) is 11.8 Å². The molecule has 0 saturated carbocycles. The number of hydrogen-bond acceptors (Lipinski definition) is 6. The van der Waals surface area contributed by atoms with Crippen LogP contribution in [0.15, 0.2) is 39.0 Å². The summed E-state index contributed by atoms with van der Waals surface area (Å²) in [4.78, 5) is 37.5. The van der Waals surface area contributed by atoms with Crippen molar-refractivity contribution in [3.8, 4) is 11.6 Å². The topological polar surface area (TPSA) is 137 Å². The minimum atomic E-state index is -0.823. The molecule has 132 valence electrons. The SMILES string of the molecule is CCCCn1c(O)c(C=NNC(=O)c2ccccc2O)c(=O)[nH]c1=O. The number of nitrogens with one attached hydrogen (secondary N) is 2. The normalized spacial score (nSPS) is 10.9. The van der Waals surface area contributed by atoms with Crippen molar-refractivity contribution in [1.29, 1.82) is 0 Å². The molecule has 0 aliphatic carbocycles. The second-order valence-electron chi connectivity index (χ2n) is 5.22. The van der Waals surface area contributed by atoms with Crippen LogP contribution < -0.4 is 16.7 Å². The Balaban J connectivity index is 2.23. The number of amides is 1. The molecule has 1 aromatic heterocycles. The first-order valence-corrected chi connectivity index (χ1v) is 7.63. The lowest BCUT2D eigenvalue weighted by Gasteiger charge is -2.08. The third kappa shape index (κ3) is 4.14. The number of hydrogen-bond donors (Lipinski definition) is 4. The number of hydrazone groups is 1. The molecule has 1 aromatic carbocycles. The number of aromatic nitrogens is 2. The zero-order chi connectivity index (χ0) is 18.4. The molecule has 9 heteroatoms. The predicted molar refractivity (Wildman–Crippen MR) is 91.1 cm³/mol. The third-order valence-corrected chi connectivity index (χ3v) is 3.45. The van der Waals surface area contributed by atoms with Crippen LogP contribution in [-0.4, -0.2) is 31.9 Å². The highest BCUT2D eigenvalue weighted by Crippen LogP contribution is 2.15. The molecule has 0 atom stereocenters. The molecule has 0 aliphatic heterocycles. The summed E-state index contributed by atoms with van der Waals surface area (Å²) in [5.74, 6) is -1.43. The molecule has 0 fully saturated rings. The van der Waals surface area contributed by atoms with Crippen LogP contribution in [0, 0.1) is 0 Å². The highest BCUT2D eigenvalue weighted by Gasteiger charge is 2.13. The Morgan fingerprint density at radius 2 is 2.04 bits per heavy atom. The molecule has 0 saturated heterocycles. The first-order valence-electron chi connectivity index (χ1n) is 7.63. The molecule has 9 nitrogen and oxygen atoms in total. The Bertz CT molecular complexity index is 913. The van der Waals surface area contributed by atoms with Crippen LogP contribution in [0.5, 0.6) is 11.6 Å². The van der Waals surface area contributed by atoms with Gasteiger partial charge < -0.3 is 10.2 Å². The van der Waals surface area contributed by atoms with Crippen LogP contribution in [0.3, 0.4) is 0 Å². The Morgan fingerprint density at radius 1 is 1.32 bits per heavy atom. The highest BCUT2D eigenvalue weighted by atomic mass is 16.3. The summed E-state index contributed by atoms with van der Waals surface area (Å²) >= 11 is 0. The molecule has 25 heavy (non-hydrogen) atoms. The number of aromatic hydroxyl groups is 2. The van der Waals surface area contributed by atoms with E-state index in [0.717, 1.165) is 17.2 Å².